The van der Waals surface area contributed by atoms with Gasteiger partial charge in [0.2, 0.25) is 0 Å². The van der Waals surface area contributed by atoms with Crippen molar-refractivity contribution < 1.29 is 4.79 Å². The smallest absolute Gasteiger partial charge is 0.326 e. The van der Waals surface area contributed by atoms with Crippen molar-refractivity contribution in [1.29, 1.82) is 0 Å². The number of aromatic amines is 2. The monoisotopic (exact) mass is 259 g/mol. The van der Waals surface area contributed by atoms with Crippen molar-refractivity contribution in [2.24, 2.45) is 0 Å². The summed E-state index contributed by atoms with van der Waals surface area (Å²) in [6.45, 7) is 0.428. The molecule has 98 valence electrons. The van der Waals surface area contributed by atoms with Gasteiger partial charge in [0.15, 0.2) is 0 Å². The summed E-state index contributed by atoms with van der Waals surface area (Å²) >= 11 is 0. The molecule has 1 aromatic heterocycles. The summed E-state index contributed by atoms with van der Waals surface area (Å²) in [4.78, 5) is 38.1. The fourth-order valence-electron chi connectivity index (χ4n) is 1.65. The van der Waals surface area contributed by atoms with Crippen molar-refractivity contribution in [2.45, 2.75) is 6.42 Å². The van der Waals surface area contributed by atoms with Gasteiger partial charge in [-0.15, -0.1) is 0 Å². The lowest BCUT2D eigenvalue weighted by Gasteiger charge is -2.04. The molecule has 0 spiro atoms. The van der Waals surface area contributed by atoms with E-state index in [9.17, 15) is 14.4 Å². The molecule has 0 saturated carbocycles. The maximum atomic E-state index is 11.7. The molecule has 6 nitrogen and oxygen atoms in total. The predicted molar refractivity (Wildman–Crippen MR) is 70.2 cm³/mol. The summed E-state index contributed by atoms with van der Waals surface area (Å²) in [6.07, 6.45) is 0.681. The van der Waals surface area contributed by atoms with Crippen LogP contribution in [0, 0.1) is 0 Å². The number of carbonyl (C=O) groups excluding carboxylic acids is 1. The van der Waals surface area contributed by atoms with Crippen molar-refractivity contribution in [1.82, 2.24) is 15.3 Å². The molecule has 2 rings (SSSR count). The number of amides is 1. The van der Waals surface area contributed by atoms with Crippen LogP contribution in [0.1, 0.15) is 16.1 Å². The molecule has 2 aromatic rings. The van der Waals surface area contributed by atoms with E-state index in [0.29, 0.717) is 13.0 Å². The topological polar surface area (TPSA) is 94.8 Å². The van der Waals surface area contributed by atoms with E-state index in [-0.39, 0.29) is 5.69 Å². The molecule has 19 heavy (non-hydrogen) atoms. The van der Waals surface area contributed by atoms with E-state index in [1.54, 1.807) is 0 Å². The van der Waals surface area contributed by atoms with E-state index in [1.165, 1.54) is 0 Å². The third-order valence-electron chi connectivity index (χ3n) is 2.55. The first-order valence-corrected chi connectivity index (χ1v) is 5.81. The Morgan fingerprint density at radius 3 is 2.53 bits per heavy atom. The molecule has 3 N–H and O–H groups in total. The predicted octanol–water partition coefficient (Wildman–Crippen LogP) is 0.0357. The third-order valence-corrected chi connectivity index (χ3v) is 2.55. The molecular weight excluding hydrogens is 246 g/mol. The Morgan fingerprint density at radius 2 is 1.84 bits per heavy atom. The van der Waals surface area contributed by atoms with Crippen molar-refractivity contribution >= 4 is 5.91 Å². The lowest BCUT2D eigenvalue weighted by Crippen LogP contribution is -2.31. The minimum Gasteiger partial charge on any atom is -0.350 e. The van der Waals surface area contributed by atoms with Crippen LogP contribution < -0.4 is 16.6 Å². The minimum atomic E-state index is -0.694. The van der Waals surface area contributed by atoms with E-state index >= 15 is 0 Å². The van der Waals surface area contributed by atoms with Crippen molar-refractivity contribution in [3.05, 3.63) is 68.5 Å². The number of hydrogen-bond donors (Lipinski definition) is 3. The second-order valence-corrected chi connectivity index (χ2v) is 3.99. The minimum absolute atomic E-state index is 0.0400. The lowest BCUT2D eigenvalue weighted by atomic mass is 10.1. The van der Waals surface area contributed by atoms with Crippen molar-refractivity contribution in [3.63, 3.8) is 0 Å². The molecule has 0 atom stereocenters. The molecule has 0 aliphatic rings. The van der Waals surface area contributed by atoms with Crippen LogP contribution in [0.5, 0.6) is 0 Å². The normalized spacial score (nSPS) is 10.1. The molecule has 0 fully saturated rings. The van der Waals surface area contributed by atoms with Gasteiger partial charge in [-0.2, -0.15) is 0 Å². The molecule has 1 amide bonds. The number of rotatable bonds is 4. The Bertz CT molecular complexity index is 645. The Balaban J connectivity index is 1.95. The first kappa shape index (κ1) is 12.8. The number of nitrogens with one attached hydrogen (secondary N) is 3. The SMILES string of the molecule is O=C(NCCc1ccccc1)c1cc(=O)[nH]c(=O)[nH]1. The molecule has 0 bridgehead atoms. The van der Waals surface area contributed by atoms with E-state index in [2.05, 4.69) is 10.3 Å². The maximum Gasteiger partial charge on any atom is 0.326 e. The van der Waals surface area contributed by atoms with Gasteiger partial charge in [-0.1, -0.05) is 30.3 Å². The maximum absolute atomic E-state index is 11.7. The number of H-pyrrole nitrogens is 2. The highest BCUT2D eigenvalue weighted by molar-refractivity contribution is 5.91. The highest BCUT2D eigenvalue weighted by Crippen LogP contribution is 1.98. The summed E-state index contributed by atoms with van der Waals surface area (Å²) in [6, 6.07) is 10.7. The van der Waals surface area contributed by atoms with Crippen molar-refractivity contribution in [2.75, 3.05) is 6.54 Å². The zero-order chi connectivity index (χ0) is 13.7. The Hall–Kier alpha value is -2.63. The molecule has 0 unspecified atom stereocenters. The van der Waals surface area contributed by atoms with Crippen molar-refractivity contribution in [3.8, 4) is 0 Å². The van der Waals surface area contributed by atoms with Gasteiger partial charge in [-0.05, 0) is 12.0 Å². The highest BCUT2D eigenvalue weighted by atomic mass is 16.2. The number of aromatic nitrogens is 2. The number of hydrogen-bond acceptors (Lipinski definition) is 3. The van der Waals surface area contributed by atoms with Gasteiger partial charge in [-0.3, -0.25) is 14.6 Å². The molecule has 0 aliphatic heterocycles. The molecule has 0 saturated heterocycles. The first-order chi connectivity index (χ1) is 9.15. The second-order valence-electron chi connectivity index (χ2n) is 3.99. The zero-order valence-electron chi connectivity index (χ0n) is 10.1. The fraction of sp³-hybridized carbons (Fsp3) is 0.154. The number of benzene rings is 1. The van der Waals surface area contributed by atoms with Crippen LogP contribution in [0.4, 0.5) is 0 Å². The summed E-state index contributed by atoms with van der Waals surface area (Å²) in [7, 11) is 0. The largest absolute Gasteiger partial charge is 0.350 e. The average Bonchev–Trinajstić information content (AvgIpc) is 2.38. The highest BCUT2D eigenvalue weighted by Gasteiger charge is 2.06. The van der Waals surface area contributed by atoms with Gasteiger partial charge in [0.25, 0.3) is 11.5 Å². The summed E-state index contributed by atoms with van der Waals surface area (Å²) in [5.41, 5.74) is -0.235. The zero-order valence-corrected chi connectivity index (χ0v) is 10.1. The van der Waals surface area contributed by atoms with Gasteiger partial charge >= 0.3 is 5.69 Å². The third kappa shape index (κ3) is 3.67. The van der Waals surface area contributed by atoms with Gasteiger partial charge in [0.05, 0.1) is 0 Å². The van der Waals surface area contributed by atoms with Crippen LogP contribution in [0.15, 0.2) is 46.0 Å². The van der Waals surface area contributed by atoms with Crippen LogP contribution in [0.2, 0.25) is 0 Å². The average molecular weight is 259 g/mol. The second kappa shape index (κ2) is 5.81. The van der Waals surface area contributed by atoms with Crippen LogP contribution in [0.3, 0.4) is 0 Å². The van der Waals surface area contributed by atoms with Gasteiger partial charge in [0, 0.05) is 12.6 Å². The van der Waals surface area contributed by atoms with E-state index in [1.807, 2.05) is 35.3 Å². The van der Waals surface area contributed by atoms with Gasteiger partial charge < -0.3 is 10.3 Å². The molecule has 1 heterocycles. The van der Waals surface area contributed by atoms with E-state index in [4.69, 9.17) is 0 Å². The Labute approximate surface area is 108 Å². The molecule has 1 aromatic carbocycles. The summed E-state index contributed by atoms with van der Waals surface area (Å²) in [5, 5.41) is 2.64. The van der Waals surface area contributed by atoms with E-state index in [0.717, 1.165) is 11.6 Å². The molecular formula is C13H13N3O3. The molecule has 0 aliphatic carbocycles. The number of carbonyl (C=O) groups is 1. The van der Waals surface area contributed by atoms with Crippen LogP contribution >= 0.6 is 0 Å². The fourth-order valence-corrected chi connectivity index (χ4v) is 1.65. The van der Waals surface area contributed by atoms with Crippen LogP contribution in [-0.2, 0) is 6.42 Å². The lowest BCUT2D eigenvalue weighted by molar-refractivity contribution is 0.0948. The first-order valence-electron chi connectivity index (χ1n) is 5.81. The molecule has 0 radical (unpaired) electrons. The summed E-state index contributed by atoms with van der Waals surface area (Å²) < 4.78 is 0. The van der Waals surface area contributed by atoms with Crippen LogP contribution in [-0.4, -0.2) is 22.4 Å². The van der Waals surface area contributed by atoms with E-state index < -0.39 is 17.2 Å². The van der Waals surface area contributed by atoms with Gasteiger partial charge in [0.1, 0.15) is 5.69 Å². The molecule has 6 heteroatoms. The Morgan fingerprint density at radius 1 is 1.11 bits per heavy atom. The van der Waals surface area contributed by atoms with Crippen LogP contribution in [0.25, 0.3) is 0 Å². The summed E-state index contributed by atoms with van der Waals surface area (Å²) in [5.74, 6) is -0.473. The quantitative estimate of drug-likeness (QED) is 0.723. The van der Waals surface area contributed by atoms with Gasteiger partial charge in [-0.25, -0.2) is 4.79 Å². The Kier molecular flexibility index (Phi) is 3.92. The standard InChI is InChI=1S/C13H13N3O3/c17-11-8-10(15-13(19)16-11)12(18)14-7-6-9-4-2-1-3-5-9/h1-5,8H,6-7H2,(H,14,18)(H2,15,16,17,19).